The maximum atomic E-state index is 13.2. The minimum atomic E-state index is -3.34. The summed E-state index contributed by atoms with van der Waals surface area (Å²) >= 11 is 0. The van der Waals surface area contributed by atoms with E-state index >= 15 is 0 Å². The minimum absolute atomic E-state index is 0.0224. The zero-order chi connectivity index (χ0) is 23.4. The summed E-state index contributed by atoms with van der Waals surface area (Å²) in [6.07, 6.45) is 1.74. The average Bonchev–Trinajstić information content (AvgIpc) is 3.28. The molecule has 170 valence electrons. The Morgan fingerprint density at radius 2 is 1.79 bits per heavy atom. The Labute approximate surface area is 193 Å². The molecule has 1 amide bonds. The van der Waals surface area contributed by atoms with Gasteiger partial charge in [0.05, 0.1) is 30.3 Å². The third-order valence-corrected chi connectivity index (χ3v) is 6.59. The number of hydrazone groups is 1. The van der Waals surface area contributed by atoms with E-state index < -0.39 is 9.84 Å². The molecule has 1 N–H and O–H groups in total. The predicted molar refractivity (Wildman–Crippen MR) is 128 cm³/mol. The fourth-order valence-corrected chi connectivity index (χ4v) is 4.39. The van der Waals surface area contributed by atoms with Crippen LogP contribution >= 0.6 is 0 Å². The number of hydrogen-bond acceptors (Lipinski definition) is 6. The molecule has 0 radical (unpaired) electrons. The molecule has 3 aromatic rings. The first-order valence-electron chi connectivity index (χ1n) is 10.5. The van der Waals surface area contributed by atoms with Crippen LogP contribution in [0.25, 0.3) is 0 Å². The summed E-state index contributed by atoms with van der Waals surface area (Å²) in [5.74, 6) is 0.526. The Morgan fingerprint density at radius 3 is 2.45 bits per heavy atom. The second-order valence-corrected chi connectivity index (χ2v) is 9.81. The number of nitrogens with zero attached hydrogens (tertiary/aromatic N) is 2. The van der Waals surface area contributed by atoms with Gasteiger partial charge in [0.1, 0.15) is 5.75 Å². The summed E-state index contributed by atoms with van der Waals surface area (Å²) in [6, 6.07) is 23.6. The smallest absolute Gasteiger partial charge is 0.262 e. The van der Waals surface area contributed by atoms with Crippen molar-refractivity contribution in [1.29, 1.82) is 0 Å². The van der Waals surface area contributed by atoms with Crippen molar-refractivity contribution in [2.45, 2.75) is 17.4 Å². The summed E-state index contributed by atoms with van der Waals surface area (Å²) in [7, 11) is -1.72. The molecule has 4 rings (SSSR count). The molecular formula is C25H25N3O4S. The van der Waals surface area contributed by atoms with Crippen molar-refractivity contribution >= 4 is 27.1 Å². The molecule has 0 bridgehead atoms. The number of carbonyl (C=O) groups is 1. The van der Waals surface area contributed by atoms with Crippen molar-refractivity contribution in [3.63, 3.8) is 0 Å². The summed E-state index contributed by atoms with van der Waals surface area (Å²) in [5, 5.41) is 9.21. The van der Waals surface area contributed by atoms with Crippen LogP contribution in [-0.2, 0) is 14.6 Å². The molecule has 0 fully saturated rings. The molecule has 1 atom stereocenters. The number of methoxy groups -OCH3 is 1. The van der Waals surface area contributed by atoms with Crippen LogP contribution in [0.1, 0.15) is 23.6 Å². The van der Waals surface area contributed by atoms with Gasteiger partial charge in [-0.2, -0.15) is 5.10 Å². The second kappa shape index (κ2) is 9.46. The number of sulfone groups is 1. The van der Waals surface area contributed by atoms with E-state index in [1.165, 1.54) is 17.1 Å². The second-order valence-electron chi connectivity index (χ2n) is 7.80. The summed E-state index contributed by atoms with van der Waals surface area (Å²) in [4.78, 5) is 13.4. The molecule has 0 spiro atoms. The van der Waals surface area contributed by atoms with Gasteiger partial charge in [-0.15, -0.1) is 0 Å². The van der Waals surface area contributed by atoms with E-state index in [1.807, 2.05) is 54.6 Å². The topological polar surface area (TPSA) is 88.1 Å². The number of anilines is 1. The normalized spacial score (nSPS) is 15.8. The summed E-state index contributed by atoms with van der Waals surface area (Å²) < 4.78 is 28.9. The molecule has 0 aliphatic carbocycles. The van der Waals surface area contributed by atoms with Gasteiger partial charge in [0.15, 0.2) is 9.84 Å². The predicted octanol–water partition coefficient (Wildman–Crippen LogP) is 3.89. The highest BCUT2D eigenvalue weighted by Crippen LogP contribution is 2.33. The monoisotopic (exact) mass is 463 g/mol. The molecule has 1 heterocycles. The van der Waals surface area contributed by atoms with Crippen LogP contribution in [0.5, 0.6) is 5.75 Å². The van der Waals surface area contributed by atoms with Crippen molar-refractivity contribution in [2.75, 3.05) is 25.2 Å². The van der Waals surface area contributed by atoms with E-state index in [-0.39, 0.29) is 23.4 Å². The van der Waals surface area contributed by atoms with Crippen LogP contribution in [0.2, 0.25) is 0 Å². The lowest BCUT2D eigenvalue weighted by Gasteiger charge is -2.22. The third kappa shape index (κ3) is 5.23. The number of nitrogens with one attached hydrogen (secondary N) is 1. The SMILES string of the molecule is COc1ccc(C2CC(c3ccccc3)=NN2C(=O)CNc2cccc(S(C)(=O)=O)c2)cc1. The zero-order valence-electron chi connectivity index (χ0n) is 18.4. The van der Waals surface area contributed by atoms with Crippen molar-refractivity contribution in [3.05, 3.63) is 90.0 Å². The van der Waals surface area contributed by atoms with Crippen LogP contribution in [-0.4, -0.2) is 45.0 Å². The van der Waals surface area contributed by atoms with Crippen LogP contribution in [0.4, 0.5) is 5.69 Å². The molecule has 1 unspecified atom stereocenters. The number of carbonyl (C=O) groups excluding carboxylic acids is 1. The number of amides is 1. The molecule has 0 saturated heterocycles. The number of benzene rings is 3. The molecule has 8 heteroatoms. The highest BCUT2D eigenvalue weighted by Gasteiger charge is 2.32. The fraction of sp³-hybridized carbons (Fsp3) is 0.200. The highest BCUT2D eigenvalue weighted by atomic mass is 32.2. The molecule has 1 aliphatic heterocycles. The molecule has 0 saturated carbocycles. The first-order valence-corrected chi connectivity index (χ1v) is 12.4. The number of hydrogen-bond donors (Lipinski definition) is 1. The van der Waals surface area contributed by atoms with E-state index in [4.69, 9.17) is 4.74 Å². The lowest BCUT2D eigenvalue weighted by molar-refractivity contribution is -0.131. The van der Waals surface area contributed by atoms with Gasteiger partial charge >= 0.3 is 0 Å². The first kappa shape index (κ1) is 22.5. The minimum Gasteiger partial charge on any atom is -0.497 e. The summed E-state index contributed by atoms with van der Waals surface area (Å²) in [6.45, 7) is -0.0224. The van der Waals surface area contributed by atoms with Crippen molar-refractivity contribution in [2.24, 2.45) is 5.10 Å². The quantitative estimate of drug-likeness (QED) is 0.574. The largest absolute Gasteiger partial charge is 0.497 e. The van der Waals surface area contributed by atoms with E-state index in [0.29, 0.717) is 12.1 Å². The Morgan fingerprint density at radius 1 is 1.06 bits per heavy atom. The van der Waals surface area contributed by atoms with Crippen molar-refractivity contribution < 1.29 is 17.9 Å². The van der Waals surface area contributed by atoms with Gasteiger partial charge < -0.3 is 10.1 Å². The Balaban J connectivity index is 1.57. The molecule has 3 aromatic carbocycles. The van der Waals surface area contributed by atoms with E-state index in [2.05, 4.69) is 10.4 Å². The first-order chi connectivity index (χ1) is 15.8. The Hall–Kier alpha value is -3.65. The maximum absolute atomic E-state index is 13.2. The van der Waals surface area contributed by atoms with E-state index in [0.717, 1.165) is 28.8 Å². The highest BCUT2D eigenvalue weighted by molar-refractivity contribution is 7.90. The lowest BCUT2D eigenvalue weighted by Crippen LogP contribution is -2.32. The lowest BCUT2D eigenvalue weighted by atomic mass is 9.98. The fourth-order valence-electron chi connectivity index (χ4n) is 3.73. The van der Waals surface area contributed by atoms with Crippen LogP contribution in [0, 0.1) is 0 Å². The summed E-state index contributed by atoms with van der Waals surface area (Å²) in [5.41, 5.74) is 3.32. The van der Waals surface area contributed by atoms with Gasteiger partial charge in [-0.25, -0.2) is 13.4 Å². The molecular weight excluding hydrogens is 438 g/mol. The van der Waals surface area contributed by atoms with Gasteiger partial charge in [0.2, 0.25) is 0 Å². The van der Waals surface area contributed by atoms with Crippen LogP contribution in [0.15, 0.2) is 88.9 Å². The molecule has 7 nitrogen and oxygen atoms in total. The van der Waals surface area contributed by atoms with Gasteiger partial charge in [-0.05, 0) is 41.5 Å². The number of rotatable bonds is 7. The van der Waals surface area contributed by atoms with Gasteiger partial charge in [-0.3, -0.25) is 4.79 Å². The number of ether oxygens (including phenoxy) is 1. The van der Waals surface area contributed by atoms with Crippen LogP contribution < -0.4 is 10.1 Å². The maximum Gasteiger partial charge on any atom is 0.262 e. The molecule has 1 aliphatic rings. The van der Waals surface area contributed by atoms with Crippen LogP contribution in [0.3, 0.4) is 0 Å². The Bertz CT molecular complexity index is 1270. The van der Waals surface area contributed by atoms with E-state index in [9.17, 15) is 13.2 Å². The van der Waals surface area contributed by atoms with Crippen molar-refractivity contribution in [1.82, 2.24) is 5.01 Å². The molecule has 33 heavy (non-hydrogen) atoms. The van der Waals surface area contributed by atoms with Gasteiger partial charge in [0.25, 0.3) is 5.91 Å². The standard InChI is InChI=1S/C25H25N3O4S/c1-32-21-13-11-19(12-14-21)24-16-23(18-7-4-3-5-8-18)27-28(24)25(29)17-26-20-9-6-10-22(15-20)33(2,30)31/h3-15,24,26H,16-17H2,1-2H3. The molecule has 0 aromatic heterocycles. The Kier molecular flexibility index (Phi) is 6.46. The third-order valence-electron chi connectivity index (χ3n) is 5.48. The average molecular weight is 464 g/mol. The van der Waals surface area contributed by atoms with E-state index in [1.54, 1.807) is 19.2 Å². The van der Waals surface area contributed by atoms with Gasteiger partial charge in [-0.1, -0.05) is 48.5 Å². The van der Waals surface area contributed by atoms with Crippen molar-refractivity contribution in [3.8, 4) is 5.75 Å². The van der Waals surface area contributed by atoms with Gasteiger partial charge in [0, 0.05) is 18.4 Å². The zero-order valence-corrected chi connectivity index (χ0v) is 19.2.